The number of fused-ring (bicyclic) bond motifs is 1. The highest BCUT2D eigenvalue weighted by Gasteiger charge is 2.33. The maximum absolute atomic E-state index is 12.8. The fourth-order valence-corrected chi connectivity index (χ4v) is 3.54. The number of rotatable bonds is 5. The Kier molecular flexibility index (Phi) is 4.74. The largest absolute Gasteiger partial charge is 0.344 e. The van der Waals surface area contributed by atoms with Crippen molar-refractivity contribution in [3.63, 3.8) is 0 Å². The molecule has 0 spiro atoms. The summed E-state index contributed by atoms with van der Waals surface area (Å²) in [5.41, 5.74) is 3.29. The molecule has 3 aromatic rings. The molecule has 0 bridgehead atoms. The molecule has 1 aromatic heterocycles. The highest BCUT2D eigenvalue weighted by Crippen LogP contribution is 2.28. The summed E-state index contributed by atoms with van der Waals surface area (Å²) in [6, 6.07) is 17.6. The van der Waals surface area contributed by atoms with E-state index in [-0.39, 0.29) is 18.5 Å². The highest BCUT2D eigenvalue weighted by molar-refractivity contribution is 6.14. The Hall–Kier alpha value is -3.34. The van der Waals surface area contributed by atoms with E-state index in [0.717, 1.165) is 28.5 Å². The number of para-hydroxylation sites is 1. The fraction of sp³-hybridized carbons (Fsp3) is 0.217. The van der Waals surface area contributed by atoms with E-state index in [0.29, 0.717) is 11.7 Å². The van der Waals surface area contributed by atoms with Crippen molar-refractivity contribution in [2.24, 2.45) is 0 Å². The SMILES string of the molecule is CC[C@@H](C)n1cc(/C=C2/NC(=O)N(Cc3ccccc3)C2=O)c2ccccc21. The molecule has 1 fully saturated rings. The van der Waals surface area contributed by atoms with Gasteiger partial charge in [0.25, 0.3) is 5.91 Å². The van der Waals surface area contributed by atoms with Gasteiger partial charge in [-0.05, 0) is 31.1 Å². The van der Waals surface area contributed by atoms with Crippen molar-refractivity contribution in [2.45, 2.75) is 32.9 Å². The van der Waals surface area contributed by atoms with E-state index in [1.54, 1.807) is 6.08 Å². The van der Waals surface area contributed by atoms with Gasteiger partial charge >= 0.3 is 6.03 Å². The third-order valence-electron chi connectivity index (χ3n) is 5.28. The van der Waals surface area contributed by atoms with Gasteiger partial charge in [-0.1, -0.05) is 55.5 Å². The number of hydrogen-bond acceptors (Lipinski definition) is 2. The first-order valence-corrected chi connectivity index (χ1v) is 9.56. The van der Waals surface area contributed by atoms with Crippen LogP contribution >= 0.6 is 0 Å². The van der Waals surface area contributed by atoms with Gasteiger partial charge in [0, 0.05) is 28.7 Å². The first-order chi connectivity index (χ1) is 13.6. The zero-order valence-electron chi connectivity index (χ0n) is 16.1. The Labute approximate surface area is 164 Å². The average molecular weight is 373 g/mol. The van der Waals surface area contributed by atoms with E-state index in [1.165, 1.54) is 4.90 Å². The monoisotopic (exact) mass is 373 g/mol. The van der Waals surface area contributed by atoms with Crippen LogP contribution in [0.25, 0.3) is 17.0 Å². The van der Waals surface area contributed by atoms with E-state index in [9.17, 15) is 9.59 Å². The van der Waals surface area contributed by atoms with E-state index in [4.69, 9.17) is 0 Å². The smallest absolute Gasteiger partial charge is 0.329 e. The lowest BCUT2D eigenvalue weighted by molar-refractivity contribution is -0.123. The van der Waals surface area contributed by atoms with Crippen molar-refractivity contribution in [3.8, 4) is 0 Å². The Morgan fingerprint density at radius 3 is 2.50 bits per heavy atom. The molecular weight excluding hydrogens is 350 g/mol. The van der Waals surface area contributed by atoms with E-state index < -0.39 is 0 Å². The number of amides is 3. The number of aromatic nitrogens is 1. The van der Waals surface area contributed by atoms with Crippen molar-refractivity contribution in [1.29, 1.82) is 0 Å². The van der Waals surface area contributed by atoms with Gasteiger partial charge in [0.2, 0.25) is 0 Å². The Morgan fingerprint density at radius 1 is 1.04 bits per heavy atom. The zero-order chi connectivity index (χ0) is 19.7. The Bertz CT molecular complexity index is 1070. The van der Waals surface area contributed by atoms with Gasteiger partial charge in [-0.2, -0.15) is 0 Å². The molecule has 1 saturated heterocycles. The lowest BCUT2D eigenvalue weighted by atomic mass is 10.1. The van der Waals surface area contributed by atoms with Crippen LogP contribution in [0.3, 0.4) is 0 Å². The first kappa shape index (κ1) is 18.0. The lowest BCUT2D eigenvalue weighted by Crippen LogP contribution is -2.30. The van der Waals surface area contributed by atoms with E-state index in [1.807, 2.05) is 48.5 Å². The van der Waals surface area contributed by atoms with Gasteiger partial charge < -0.3 is 9.88 Å². The predicted molar refractivity (Wildman–Crippen MR) is 110 cm³/mol. The molecule has 1 N–H and O–H groups in total. The van der Waals surface area contributed by atoms with Crippen LogP contribution in [-0.2, 0) is 11.3 Å². The quantitative estimate of drug-likeness (QED) is 0.520. The molecular formula is C23H23N3O2. The molecule has 0 unspecified atom stereocenters. The summed E-state index contributed by atoms with van der Waals surface area (Å²) < 4.78 is 2.23. The molecule has 2 heterocycles. The summed E-state index contributed by atoms with van der Waals surface area (Å²) in [6.07, 6.45) is 4.85. The maximum atomic E-state index is 12.8. The van der Waals surface area contributed by atoms with Crippen LogP contribution in [0.15, 0.2) is 66.5 Å². The van der Waals surface area contributed by atoms with Crippen LogP contribution in [0, 0.1) is 0 Å². The maximum Gasteiger partial charge on any atom is 0.329 e. The van der Waals surface area contributed by atoms with Crippen molar-refractivity contribution < 1.29 is 9.59 Å². The van der Waals surface area contributed by atoms with Crippen LogP contribution in [0.1, 0.15) is 37.4 Å². The van der Waals surface area contributed by atoms with Crippen molar-refractivity contribution in [2.75, 3.05) is 0 Å². The molecule has 5 nitrogen and oxygen atoms in total. The summed E-state index contributed by atoms with van der Waals surface area (Å²) in [4.78, 5) is 26.4. The highest BCUT2D eigenvalue weighted by atomic mass is 16.2. The van der Waals surface area contributed by atoms with Crippen molar-refractivity contribution in [1.82, 2.24) is 14.8 Å². The summed E-state index contributed by atoms with van der Waals surface area (Å²) in [5, 5.41) is 3.80. The molecule has 1 atom stereocenters. The molecule has 2 aromatic carbocycles. The van der Waals surface area contributed by atoms with Crippen molar-refractivity contribution >= 4 is 28.9 Å². The van der Waals surface area contributed by atoms with E-state index in [2.05, 4.69) is 36.0 Å². The summed E-state index contributed by atoms with van der Waals surface area (Å²) in [6.45, 7) is 4.59. The number of nitrogens with one attached hydrogen (secondary N) is 1. The first-order valence-electron chi connectivity index (χ1n) is 9.56. The number of carbonyl (C=O) groups excluding carboxylic acids is 2. The minimum Gasteiger partial charge on any atom is -0.344 e. The molecule has 0 aliphatic carbocycles. The molecule has 4 rings (SSSR count). The second-order valence-corrected chi connectivity index (χ2v) is 7.13. The second kappa shape index (κ2) is 7.35. The molecule has 1 aliphatic heterocycles. The summed E-state index contributed by atoms with van der Waals surface area (Å²) in [5.74, 6) is -0.297. The molecule has 5 heteroatoms. The summed E-state index contributed by atoms with van der Waals surface area (Å²) in [7, 11) is 0. The number of imide groups is 1. The van der Waals surface area contributed by atoms with Crippen LogP contribution in [0.4, 0.5) is 4.79 Å². The normalized spacial score (nSPS) is 16.8. The average Bonchev–Trinajstić information content (AvgIpc) is 3.21. The number of nitrogens with zero attached hydrogens (tertiary/aromatic N) is 2. The number of carbonyl (C=O) groups is 2. The number of urea groups is 1. The van der Waals surface area contributed by atoms with Crippen molar-refractivity contribution in [3.05, 3.63) is 77.6 Å². The summed E-state index contributed by atoms with van der Waals surface area (Å²) >= 11 is 0. The molecule has 0 radical (unpaired) electrons. The fourth-order valence-electron chi connectivity index (χ4n) is 3.54. The zero-order valence-corrected chi connectivity index (χ0v) is 16.1. The minimum absolute atomic E-state index is 0.261. The van der Waals surface area contributed by atoms with Crippen LogP contribution < -0.4 is 5.32 Å². The predicted octanol–water partition coefficient (Wildman–Crippen LogP) is 4.71. The Balaban J connectivity index is 1.68. The topological polar surface area (TPSA) is 54.3 Å². The standard InChI is InChI=1S/C23H23N3O2/c1-3-16(2)25-15-18(19-11-7-8-12-21(19)25)13-20-22(27)26(23(28)24-20)14-17-9-5-4-6-10-17/h4-13,15-16H,3,14H2,1-2H3,(H,24,28)/b20-13+/t16-/m1/s1. The van der Waals surface area contributed by atoms with Gasteiger partial charge in [-0.25, -0.2) is 4.79 Å². The van der Waals surface area contributed by atoms with Crippen LogP contribution in [0.2, 0.25) is 0 Å². The van der Waals surface area contributed by atoms with Gasteiger partial charge in [0.1, 0.15) is 5.70 Å². The Morgan fingerprint density at radius 2 is 1.75 bits per heavy atom. The van der Waals surface area contributed by atoms with Gasteiger partial charge in [-0.3, -0.25) is 9.69 Å². The second-order valence-electron chi connectivity index (χ2n) is 7.13. The third-order valence-corrected chi connectivity index (χ3v) is 5.28. The lowest BCUT2D eigenvalue weighted by Gasteiger charge is -2.12. The van der Waals surface area contributed by atoms with Crippen LogP contribution in [0.5, 0.6) is 0 Å². The third kappa shape index (κ3) is 3.20. The molecule has 3 amide bonds. The minimum atomic E-state index is -0.384. The molecule has 1 aliphatic rings. The molecule has 28 heavy (non-hydrogen) atoms. The number of benzene rings is 2. The van der Waals surface area contributed by atoms with Gasteiger partial charge in [0.15, 0.2) is 0 Å². The molecule has 142 valence electrons. The van der Waals surface area contributed by atoms with Gasteiger partial charge in [0.05, 0.1) is 6.54 Å². The molecule has 0 saturated carbocycles. The van der Waals surface area contributed by atoms with Crippen LogP contribution in [-0.4, -0.2) is 21.4 Å². The van der Waals surface area contributed by atoms with Gasteiger partial charge in [-0.15, -0.1) is 0 Å². The number of hydrogen-bond donors (Lipinski definition) is 1. The van der Waals surface area contributed by atoms with E-state index >= 15 is 0 Å².